The topological polar surface area (TPSA) is 78.9 Å². The number of benzene rings is 1. The molecule has 6 nitrogen and oxygen atoms in total. The third-order valence-corrected chi connectivity index (χ3v) is 5.12. The van der Waals surface area contributed by atoms with Gasteiger partial charge in [-0.2, -0.15) is 0 Å². The van der Waals surface area contributed by atoms with Gasteiger partial charge in [-0.1, -0.05) is 52.8 Å². The molecule has 0 bridgehead atoms. The Morgan fingerprint density at radius 1 is 1.21 bits per heavy atom. The van der Waals surface area contributed by atoms with Gasteiger partial charge < -0.3 is 20.1 Å². The first-order valence-electron chi connectivity index (χ1n) is 10.1. The van der Waals surface area contributed by atoms with Gasteiger partial charge in [-0.25, -0.2) is 0 Å². The number of aliphatic hydroxyl groups is 1. The Morgan fingerprint density at radius 2 is 1.86 bits per heavy atom. The molecule has 0 saturated carbocycles. The van der Waals surface area contributed by atoms with Gasteiger partial charge >= 0.3 is 0 Å². The number of aliphatic hydroxyl groups excluding tert-OH is 1. The number of nitrogens with zero attached hydrogens (tertiary/aromatic N) is 1. The second-order valence-corrected chi connectivity index (χ2v) is 8.83. The number of ether oxygens (including phenoxy) is 1. The molecule has 1 saturated heterocycles. The van der Waals surface area contributed by atoms with Gasteiger partial charge in [0.1, 0.15) is 5.75 Å². The van der Waals surface area contributed by atoms with Crippen molar-refractivity contribution in [1.29, 1.82) is 0 Å². The molecule has 1 aliphatic heterocycles. The highest BCUT2D eigenvalue weighted by Gasteiger charge is 2.29. The van der Waals surface area contributed by atoms with Crippen LogP contribution in [0.3, 0.4) is 0 Å². The van der Waals surface area contributed by atoms with Gasteiger partial charge in [0.15, 0.2) is 6.61 Å². The molecule has 1 aliphatic rings. The van der Waals surface area contributed by atoms with Gasteiger partial charge in [-0.05, 0) is 29.9 Å². The summed E-state index contributed by atoms with van der Waals surface area (Å²) >= 11 is 0. The number of hydrogen-bond donors (Lipinski definition) is 2. The van der Waals surface area contributed by atoms with E-state index in [-0.39, 0.29) is 35.8 Å². The fourth-order valence-electron chi connectivity index (χ4n) is 3.30. The summed E-state index contributed by atoms with van der Waals surface area (Å²) in [6.45, 7) is 10.9. The van der Waals surface area contributed by atoms with Crippen molar-refractivity contribution in [3.63, 3.8) is 0 Å². The van der Waals surface area contributed by atoms with Crippen LogP contribution < -0.4 is 10.1 Å². The van der Waals surface area contributed by atoms with Crippen molar-refractivity contribution in [2.24, 2.45) is 5.92 Å². The third kappa shape index (κ3) is 5.96. The molecule has 28 heavy (non-hydrogen) atoms. The van der Waals surface area contributed by atoms with E-state index in [1.165, 1.54) is 0 Å². The van der Waals surface area contributed by atoms with Crippen LogP contribution in [0.5, 0.6) is 5.75 Å². The lowest BCUT2D eigenvalue weighted by Gasteiger charge is -2.24. The summed E-state index contributed by atoms with van der Waals surface area (Å²) in [6.07, 6.45) is 0.320. The van der Waals surface area contributed by atoms with E-state index in [2.05, 4.69) is 26.1 Å². The first-order valence-corrected chi connectivity index (χ1v) is 10.1. The van der Waals surface area contributed by atoms with Crippen molar-refractivity contribution in [2.45, 2.75) is 65.0 Å². The molecule has 2 atom stereocenters. The Morgan fingerprint density at radius 3 is 2.50 bits per heavy atom. The average Bonchev–Trinajstić information content (AvgIpc) is 2.81. The molecule has 2 amide bonds. The van der Waals surface area contributed by atoms with Gasteiger partial charge in [0.2, 0.25) is 5.91 Å². The van der Waals surface area contributed by atoms with E-state index in [0.29, 0.717) is 25.9 Å². The number of rotatable bonds is 5. The van der Waals surface area contributed by atoms with Crippen LogP contribution in [0.2, 0.25) is 0 Å². The van der Waals surface area contributed by atoms with E-state index in [1.807, 2.05) is 38.1 Å². The number of hydrogen-bond acceptors (Lipinski definition) is 4. The lowest BCUT2D eigenvalue weighted by atomic mass is 9.86. The molecular formula is C22H34N2O4. The van der Waals surface area contributed by atoms with Crippen molar-refractivity contribution in [3.8, 4) is 5.75 Å². The Hall–Kier alpha value is -2.08. The molecule has 1 fully saturated rings. The Balaban J connectivity index is 1.94. The van der Waals surface area contributed by atoms with Gasteiger partial charge in [0.05, 0.1) is 12.1 Å². The van der Waals surface area contributed by atoms with Crippen molar-refractivity contribution in [1.82, 2.24) is 10.2 Å². The molecule has 1 aromatic rings. The highest BCUT2D eigenvalue weighted by Crippen LogP contribution is 2.31. The summed E-state index contributed by atoms with van der Waals surface area (Å²) in [5.74, 6) is 0.405. The maximum atomic E-state index is 12.7. The summed E-state index contributed by atoms with van der Waals surface area (Å²) in [7, 11) is 0. The number of likely N-dealkylation sites (tertiary alicyclic amines) is 1. The van der Waals surface area contributed by atoms with E-state index >= 15 is 0 Å². The number of nitrogens with one attached hydrogen (secondary N) is 1. The smallest absolute Gasteiger partial charge is 0.260 e. The summed E-state index contributed by atoms with van der Waals surface area (Å²) in [5, 5.41) is 13.2. The molecule has 2 N–H and O–H groups in total. The fraction of sp³-hybridized carbons (Fsp3) is 0.636. The minimum absolute atomic E-state index is 0.0355. The van der Waals surface area contributed by atoms with Crippen LogP contribution >= 0.6 is 0 Å². The number of carbonyl (C=O) groups excluding carboxylic acids is 2. The summed E-state index contributed by atoms with van der Waals surface area (Å²) < 4.78 is 5.85. The summed E-state index contributed by atoms with van der Waals surface area (Å²) in [4.78, 5) is 26.3. The quantitative estimate of drug-likeness (QED) is 0.810. The second-order valence-electron chi connectivity index (χ2n) is 8.83. The number of carbonyl (C=O) groups is 2. The molecule has 2 rings (SSSR count). The minimum atomic E-state index is -0.650. The monoisotopic (exact) mass is 390 g/mol. The Bertz CT molecular complexity index is 681. The van der Waals surface area contributed by atoms with E-state index in [1.54, 1.807) is 4.90 Å². The van der Waals surface area contributed by atoms with E-state index in [9.17, 15) is 14.7 Å². The van der Waals surface area contributed by atoms with E-state index < -0.39 is 6.10 Å². The molecule has 1 aromatic carbocycles. The zero-order valence-corrected chi connectivity index (χ0v) is 17.7. The number of para-hydroxylation sites is 1. The van der Waals surface area contributed by atoms with Gasteiger partial charge in [0, 0.05) is 19.0 Å². The van der Waals surface area contributed by atoms with Crippen molar-refractivity contribution >= 4 is 11.8 Å². The van der Waals surface area contributed by atoms with Gasteiger partial charge in [0.25, 0.3) is 5.91 Å². The molecule has 156 valence electrons. The molecule has 1 heterocycles. The lowest BCUT2D eigenvalue weighted by Crippen LogP contribution is -2.44. The van der Waals surface area contributed by atoms with Gasteiger partial charge in [-0.15, -0.1) is 0 Å². The van der Waals surface area contributed by atoms with Crippen LogP contribution in [0.15, 0.2) is 24.3 Å². The van der Waals surface area contributed by atoms with Crippen LogP contribution in [-0.2, 0) is 15.0 Å². The van der Waals surface area contributed by atoms with Crippen molar-refractivity contribution in [2.75, 3.05) is 19.7 Å². The molecular weight excluding hydrogens is 356 g/mol. The third-order valence-electron chi connectivity index (χ3n) is 5.12. The highest BCUT2D eigenvalue weighted by molar-refractivity contribution is 5.79. The van der Waals surface area contributed by atoms with E-state index in [4.69, 9.17) is 4.74 Å². The summed E-state index contributed by atoms with van der Waals surface area (Å²) in [6, 6.07) is 7.45. The van der Waals surface area contributed by atoms with Crippen LogP contribution in [0.25, 0.3) is 0 Å². The Labute approximate surface area is 168 Å². The molecule has 0 unspecified atom stereocenters. The normalized spacial score (nSPS) is 20.6. The first kappa shape index (κ1) is 22.2. The van der Waals surface area contributed by atoms with Gasteiger partial charge in [-0.3, -0.25) is 9.59 Å². The fourth-order valence-corrected chi connectivity index (χ4v) is 3.30. The van der Waals surface area contributed by atoms with Crippen LogP contribution in [0.4, 0.5) is 0 Å². The maximum Gasteiger partial charge on any atom is 0.260 e. The second kappa shape index (κ2) is 9.41. The molecule has 0 spiro atoms. The van der Waals surface area contributed by atoms with Crippen LogP contribution in [0.1, 0.15) is 53.0 Å². The Kier molecular flexibility index (Phi) is 7.47. The minimum Gasteiger partial charge on any atom is -0.483 e. The lowest BCUT2D eigenvalue weighted by molar-refractivity contribution is -0.133. The van der Waals surface area contributed by atoms with Crippen molar-refractivity contribution < 1.29 is 19.4 Å². The zero-order chi connectivity index (χ0) is 20.9. The van der Waals surface area contributed by atoms with Crippen LogP contribution in [-0.4, -0.2) is 53.7 Å². The first-order chi connectivity index (χ1) is 13.1. The maximum absolute atomic E-state index is 12.7. The number of amides is 2. The van der Waals surface area contributed by atoms with E-state index in [0.717, 1.165) is 11.3 Å². The molecule has 0 radical (unpaired) electrons. The summed E-state index contributed by atoms with van der Waals surface area (Å²) in [5.41, 5.74) is 0.985. The van der Waals surface area contributed by atoms with Crippen molar-refractivity contribution in [3.05, 3.63) is 29.8 Å². The average molecular weight is 391 g/mol. The molecule has 6 heteroatoms. The predicted octanol–water partition coefficient (Wildman–Crippen LogP) is 2.49. The largest absolute Gasteiger partial charge is 0.483 e. The highest BCUT2D eigenvalue weighted by atomic mass is 16.5. The zero-order valence-electron chi connectivity index (χ0n) is 17.7. The predicted molar refractivity (Wildman–Crippen MR) is 109 cm³/mol. The SMILES string of the molecule is CC(C)C(=O)N[C@H]1CCN(C(=O)COc2ccccc2C(C)(C)C)CC[C@@H]1O. The molecule has 0 aliphatic carbocycles. The molecule has 0 aromatic heterocycles. The van der Waals surface area contributed by atoms with Crippen LogP contribution in [0, 0.1) is 5.92 Å². The standard InChI is InChI=1S/C22H34N2O4/c1-15(2)21(27)23-17-10-12-24(13-11-18(17)25)20(26)14-28-19-9-7-6-8-16(19)22(3,4)5/h6-9,15,17-18,25H,10-14H2,1-5H3,(H,23,27)/t17-,18-/m0/s1.